The molecular weight excluding hydrogens is 242 g/mol. The Morgan fingerprint density at radius 2 is 1.60 bits per heavy atom. The zero-order chi connectivity index (χ0) is 15.2. The molecule has 0 aromatic heterocycles. The molecule has 0 heterocycles. The summed E-state index contributed by atoms with van der Waals surface area (Å²) in [5, 5.41) is 3.90. The molecule has 0 radical (unpaired) electrons. The van der Waals surface area contributed by atoms with Gasteiger partial charge in [0.05, 0.1) is 0 Å². The summed E-state index contributed by atoms with van der Waals surface area (Å²) in [6, 6.07) is 11.4. The molecular formula is C19H33N. The number of rotatable bonds is 7. The number of nitrogens with one attached hydrogen (secondary N) is 1. The first-order valence-corrected chi connectivity index (χ1v) is 8.06. The van der Waals surface area contributed by atoms with Gasteiger partial charge >= 0.3 is 0 Å². The summed E-state index contributed by atoms with van der Waals surface area (Å²) in [6.07, 6.45) is 4.92. The van der Waals surface area contributed by atoms with E-state index in [2.05, 4.69) is 77.2 Å². The molecule has 0 aliphatic heterocycles. The first-order valence-electron chi connectivity index (χ1n) is 8.06. The van der Waals surface area contributed by atoms with Crippen molar-refractivity contribution >= 4 is 0 Å². The second kappa shape index (κ2) is 7.26. The van der Waals surface area contributed by atoms with E-state index in [0.29, 0.717) is 11.5 Å². The van der Waals surface area contributed by atoms with E-state index in [4.69, 9.17) is 0 Å². The van der Waals surface area contributed by atoms with Gasteiger partial charge in [0.1, 0.15) is 0 Å². The molecule has 1 aromatic rings. The van der Waals surface area contributed by atoms with Crippen molar-refractivity contribution in [3.05, 3.63) is 35.9 Å². The van der Waals surface area contributed by atoms with E-state index >= 15 is 0 Å². The third-order valence-electron chi connectivity index (χ3n) is 3.59. The molecule has 0 bridgehead atoms. The zero-order valence-electron chi connectivity index (χ0n) is 14.3. The topological polar surface area (TPSA) is 12.0 Å². The van der Waals surface area contributed by atoms with Gasteiger partial charge in [-0.15, -0.1) is 0 Å². The summed E-state index contributed by atoms with van der Waals surface area (Å²) in [4.78, 5) is 0. The number of hydrogen-bond acceptors (Lipinski definition) is 1. The highest BCUT2D eigenvalue weighted by Gasteiger charge is 2.28. The summed E-state index contributed by atoms with van der Waals surface area (Å²) in [6.45, 7) is 13.9. The molecule has 114 valence electrons. The quantitative estimate of drug-likeness (QED) is 0.671. The van der Waals surface area contributed by atoms with E-state index in [9.17, 15) is 0 Å². The fourth-order valence-electron chi connectivity index (χ4n) is 3.26. The van der Waals surface area contributed by atoms with Crippen molar-refractivity contribution in [2.45, 2.75) is 78.8 Å². The summed E-state index contributed by atoms with van der Waals surface area (Å²) >= 11 is 0. The van der Waals surface area contributed by atoms with Gasteiger partial charge in [0.15, 0.2) is 0 Å². The van der Waals surface area contributed by atoms with E-state index in [-0.39, 0.29) is 5.54 Å². The number of benzene rings is 1. The van der Waals surface area contributed by atoms with Crippen molar-refractivity contribution in [3.63, 3.8) is 0 Å². The molecule has 1 rings (SSSR count). The molecule has 0 aliphatic carbocycles. The van der Waals surface area contributed by atoms with Gasteiger partial charge in [-0.05, 0) is 37.7 Å². The van der Waals surface area contributed by atoms with Gasteiger partial charge in [-0.3, -0.25) is 0 Å². The molecule has 0 amide bonds. The predicted molar refractivity (Wildman–Crippen MR) is 90.0 cm³/mol. The van der Waals surface area contributed by atoms with Crippen LogP contribution in [0.3, 0.4) is 0 Å². The van der Waals surface area contributed by atoms with E-state index in [1.807, 2.05) is 0 Å². The van der Waals surface area contributed by atoms with E-state index < -0.39 is 0 Å². The lowest BCUT2D eigenvalue weighted by molar-refractivity contribution is 0.218. The van der Waals surface area contributed by atoms with Crippen LogP contribution in [0.4, 0.5) is 0 Å². The Labute approximate surface area is 126 Å². The van der Waals surface area contributed by atoms with Crippen molar-refractivity contribution < 1.29 is 0 Å². The average Bonchev–Trinajstić information content (AvgIpc) is 2.32. The van der Waals surface area contributed by atoms with Crippen LogP contribution in [0.15, 0.2) is 30.3 Å². The van der Waals surface area contributed by atoms with Gasteiger partial charge in [-0.1, -0.05) is 70.9 Å². The first-order chi connectivity index (χ1) is 9.23. The Morgan fingerprint density at radius 1 is 1.00 bits per heavy atom. The highest BCUT2D eigenvalue weighted by atomic mass is 15.0. The van der Waals surface area contributed by atoms with Crippen molar-refractivity contribution in [1.82, 2.24) is 5.32 Å². The van der Waals surface area contributed by atoms with Crippen LogP contribution in [0.5, 0.6) is 0 Å². The second-order valence-electron chi connectivity index (χ2n) is 7.87. The van der Waals surface area contributed by atoms with Gasteiger partial charge in [0.2, 0.25) is 0 Å². The summed E-state index contributed by atoms with van der Waals surface area (Å²) in [5.41, 5.74) is 1.93. The molecule has 20 heavy (non-hydrogen) atoms. The summed E-state index contributed by atoms with van der Waals surface area (Å²) < 4.78 is 0. The van der Waals surface area contributed by atoms with Crippen LogP contribution in [0.2, 0.25) is 0 Å². The Bertz CT molecular complexity index is 373. The standard InChI is InChI=1S/C19H33N/c1-7-8-14-17(16-12-10-9-11-13-16)20-19(5,6)15-18(2,3)4/h9-13,17,20H,7-8,14-15H2,1-6H3. The monoisotopic (exact) mass is 275 g/mol. The Kier molecular flexibility index (Phi) is 6.26. The molecule has 0 saturated heterocycles. The largest absolute Gasteiger partial charge is 0.305 e. The van der Waals surface area contributed by atoms with E-state index in [1.54, 1.807) is 0 Å². The van der Waals surface area contributed by atoms with Crippen LogP contribution < -0.4 is 5.32 Å². The molecule has 0 saturated carbocycles. The molecule has 1 nitrogen and oxygen atoms in total. The third-order valence-corrected chi connectivity index (χ3v) is 3.59. The lowest BCUT2D eigenvalue weighted by Gasteiger charge is -2.37. The molecule has 1 atom stereocenters. The molecule has 1 heteroatoms. The van der Waals surface area contributed by atoms with Crippen LogP contribution in [0.25, 0.3) is 0 Å². The highest BCUT2D eigenvalue weighted by Crippen LogP contribution is 2.30. The molecule has 0 aliphatic rings. The van der Waals surface area contributed by atoms with E-state index in [0.717, 1.165) is 0 Å². The minimum Gasteiger partial charge on any atom is -0.305 e. The van der Waals surface area contributed by atoms with Crippen LogP contribution in [-0.2, 0) is 0 Å². The van der Waals surface area contributed by atoms with Gasteiger partial charge in [0.25, 0.3) is 0 Å². The third kappa shape index (κ3) is 6.56. The van der Waals surface area contributed by atoms with Crippen molar-refractivity contribution in [2.75, 3.05) is 0 Å². The maximum absolute atomic E-state index is 3.90. The van der Waals surface area contributed by atoms with Crippen LogP contribution >= 0.6 is 0 Å². The lowest BCUT2D eigenvalue weighted by Crippen LogP contribution is -2.44. The second-order valence-corrected chi connectivity index (χ2v) is 7.87. The minimum absolute atomic E-state index is 0.159. The lowest BCUT2D eigenvalue weighted by atomic mass is 9.81. The maximum atomic E-state index is 3.90. The first kappa shape index (κ1) is 17.2. The maximum Gasteiger partial charge on any atom is 0.0324 e. The molecule has 0 fully saturated rings. The average molecular weight is 275 g/mol. The molecule has 1 N–H and O–H groups in total. The van der Waals surface area contributed by atoms with Crippen molar-refractivity contribution in [1.29, 1.82) is 0 Å². The van der Waals surface area contributed by atoms with Crippen molar-refractivity contribution in [3.8, 4) is 0 Å². The zero-order valence-corrected chi connectivity index (χ0v) is 14.3. The van der Waals surface area contributed by atoms with Gasteiger partial charge < -0.3 is 5.32 Å². The fourth-order valence-corrected chi connectivity index (χ4v) is 3.26. The van der Waals surface area contributed by atoms with Gasteiger partial charge in [0, 0.05) is 11.6 Å². The van der Waals surface area contributed by atoms with Crippen LogP contribution in [-0.4, -0.2) is 5.54 Å². The fraction of sp³-hybridized carbons (Fsp3) is 0.684. The Hall–Kier alpha value is -0.820. The number of unbranched alkanes of at least 4 members (excludes halogenated alkanes) is 1. The predicted octanol–water partition coefficient (Wildman–Crippen LogP) is 5.72. The normalized spacial score (nSPS) is 14.3. The number of hydrogen-bond donors (Lipinski definition) is 1. The van der Waals surface area contributed by atoms with Crippen molar-refractivity contribution in [2.24, 2.45) is 5.41 Å². The molecule has 1 unspecified atom stereocenters. The SMILES string of the molecule is CCCCC(NC(C)(C)CC(C)(C)C)c1ccccc1. The summed E-state index contributed by atoms with van der Waals surface area (Å²) in [5.74, 6) is 0. The minimum atomic E-state index is 0.159. The Balaban J connectivity index is 2.79. The Morgan fingerprint density at radius 3 is 2.10 bits per heavy atom. The highest BCUT2D eigenvalue weighted by molar-refractivity contribution is 5.19. The molecule has 1 aromatic carbocycles. The van der Waals surface area contributed by atoms with Gasteiger partial charge in [-0.2, -0.15) is 0 Å². The van der Waals surface area contributed by atoms with Gasteiger partial charge in [-0.25, -0.2) is 0 Å². The summed E-state index contributed by atoms with van der Waals surface area (Å²) in [7, 11) is 0. The van der Waals surface area contributed by atoms with E-state index in [1.165, 1.54) is 31.2 Å². The molecule has 0 spiro atoms. The van der Waals surface area contributed by atoms with Crippen LogP contribution in [0, 0.1) is 5.41 Å². The van der Waals surface area contributed by atoms with Crippen LogP contribution in [0.1, 0.15) is 78.8 Å². The smallest absolute Gasteiger partial charge is 0.0324 e.